The number of nitrogens with two attached hydrogens (primary N) is 1. The molecule has 2 unspecified atom stereocenters. The third-order valence-corrected chi connectivity index (χ3v) is 3.22. The molecule has 2 atom stereocenters. The molecule has 0 aliphatic carbocycles. The third-order valence-electron chi connectivity index (χ3n) is 3.22. The van der Waals surface area contributed by atoms with E-state index in [4.69, 9.17) is 5.73 Å². The second-order valence-corrected chi connectivity index (χ2v) is 4.59. The van der Waals surface area contributed by atoms with Gasteiger partial charge in [-0.05, 0) is 30.7 Å². The van der Waals surface area contributed by atoms with Crippen LogP contribution in [0.1, 0.15) is 35.7 Å². The number of nitrogens with one attached hydrogen (secondary N) is 1. The average Bonchev–Trinajstić information content (AvgIpc) is 2.41. The largest absolute Gasteiger partial charge is 0.324 e. The van der Waals surface area contributed by atoms with Crippen LogP contribution in [0.4, 0.5) is 0 Å². The van der Waals surface area contributed by atoms with E-state index >= 15 is 0 Å². The highest BCUT2D eigenvalue weighted by Gasteiger charge is 2.11. The van der Waals surface area contributed by atoms with E-state index in [1.54, 1.807) is 0 Å². The fraction of sp³-hybridized carbons (Fsp3) is 0.250. The van der Waals surface area contributed by atoms with Gasteiger partial charge in [-0.1, -0.05) is 54.6 Å². The summed E-state index contributed by atoms with van der Waals surface area (Å²) < 4.78 is 0. The van der Waals surface area contributed by atoms with Gasteiger partial charge in [-0.15, -0.1) is 0 Å². The molecule has 2 rings (SSSR count). The van der Waals surface area contributed by atoms with Crippen molar-refractivity contribution in [2.75, 3.05) is 7.05 Å². The Morgan fingerprint density at radius 3 is 1.83 bits per heavy atom. The first-order chi connectivity index (χ1) is 8.72. The Balaban J connectivity index is 2.28. The van der Waals surface area contributed by atoms with Crippen molar-refractivity contribution in [3.63, 3.8) is 0 Å². The van der Waals surface area contributed by atoms with Crippen LogP contribution in [0.2, 0.25) is 0 Å². The molecule has 0 amide bonds. The van der Waals surface area contributed by atoms with Crippen LogP contribution < -0.4 is 11.1 Å². The molecular weight excluding hydrogens is 220 g/mol. The summed E-state index contributed by atoms with van der Waals surface area (Å²) in [6, 6.07) is 19.3. The van der Waals surface area contributed by atoms with Crippen LogP contribution in [-0.4, -0.2) is 7.05 Å². The molecule has 0 heterocycles. The molecule has 2 nitrogen and oxygen atoms in total. The van der Waals surface area contributed by atoms with Gasteiger partial charge in [-0.3, -0.25) is 0 Å². The highest BCUT2D eigenvalue weighted by atomic mass is 14.9. The van der Waals surface area contributed by atoms with Gasteiger partial charge in [-0.25, -0.2) is 0 Å². The molecule has 2 aromatic carbocycles. The van der Waals surface area contributed by atoms with Crippen molar-refractivity contribution in [3.05, 3.63) is 71.3 Å². The maximum Gasteiger partial charge on any atom is 0.0574 e. The van der Waals surface area contributed by atoms with Crippen molar-refractivity contribution in [2.24, 2.45) is 5.73 Å². The molecule has 18 heavy (non-hydrogen) atoms. The quantitative estimate of drug-likeness (QED) is 0.862. The molecule has 0 radical (unpaired) electrons. The Hall–Kier alpha value is -1.64. The SMILES string of the molecule is CNC(c1ccccc1)c1ccc(C(C)N)cc1. The monoisotopic (exact) mass is 240 g/mol. The molecule has 0 aliphatic heterocycles. The van der Waals surface area contributed by atoms with Crippen LogP contribution in [-0.2, 0) is 0 Å². The molecule has 0 aliphatic rings. The Bertz CT molecular complexity index is 474. The second kappa shape index (κ2) is 5.80. The van der Waals surface area contributed by atoms with Gasteiger partial charge < -0.3 is 11.1 Å². The first-order valence-electron chi connectivity index (χ1n) is 6.30. The average molecular weight is 240 g/mol. The minimum absolute atomic E-state index is 0.0869. The van der Waals surface area contributed by atoms with E-state index in [9.17, 15) is 0 Å². The first-order valence-corrected chi connectivity index (χ1v) is 6.30. The minimum atomic E-state index is 0.0869. The van der Waals surface area contributed by atoms with Crippen LogP contribution in [0, 0.1) is 0 Å². The zero-order valence-corrected chi connectivity index (χ0v) is 10.9. The second-order valence-electron chi connectivity index (χ2n) is 4.59. The predicted molar refractivity (Wildman–Crippen MR) is 76.4 cm³/mol. The van der Waals surface area contributed by atoms with Gasteiger partial charge in [0, 0.05) is 6.04 Å². The Kier molecular flexibility index (Phi) is 4.13. The van der Waals surface area contributed by atoms with Crippen molar-refractivity contribution in [3.8, 4) is 0 Å². The van der Waals surface area contributed by atoms with E-state index in [0.717, 1.165) is 0 Å². The van der Waals surface area contributed by atoms with Crippen molar-refractivity contribution in [1.29, 1.82) is 0 Å². The molecule has 0 saturated carbocycles. The van der Waals surface area contributed by atoms with E-state index < -0.39 is 0 Å². The molecule has 0 aromatic heterocycles. The minimum Gasteiger partial charge on any atom is -0.324 e. The van der Waals surface area contributed by atoms with Gasteiger partial charge in [0.25, 0.3) is 0 Å². The molecule has 2 aromatic rings. The summed E-state index contributed by atoms with van der Waals surface area (Å²) in [6.07, 6.45) is 0. The normalized spacial score (nSPS) is 14.2. The Labute approximate surface area is 109 Å². The lowest BCUT2D eigenvalue weighted by atomic mass is 9.97. The summed E-state index contributed by atoms with van der Waals surface area (Å²) in [5, 5.41) is 3.35. The van der Waals surface area contributed by atoms with E-state index in [2.05, 4.69) is 53.8 Å². The van der Waals surface area contributed by atoms with Crippen LogP contribution >= 0.6 is 0 Å². The summed E-state index contributed by atoms with van der Waals surface area (Å²) >= 11 is 0. The lowest BCUT2D eigenvalue weighted by Crippen LogP contribution is -2.17. The standard InChI is InChI=1S/C16H20N2/c1-12(17)13-8-10-15(11-9-13)16(18-2)14-6-4-3-5-7-14/h3-12,16,18H,17H2,1-2H3. The number of hydrogen-bond acceptors (Lipinski definition) is 2. The van der Waals surface area contributed by atoms with Gasteiger partial charge in [0.2, 0.25) is 0 Å². The van der Waals surface area contributed by atoms with E-state index in [-0.39, 0.29) is 12.1 Å². The zero-order valence-electron chi connectivity index (χ0n) is 10.9. The lowest BCUT2D eigenvalue weighted by molar-refractivity contribution is 0.690. The topological polar surface area (TPSA) is 38.0 Å². The molecule has 0 fully saturated rings. The highest BCUT2D eigenvalue weighted by molar-refractivity contribution is 5.34. The van der Waals surface area contributed by atoms with Crippen LogP contribution in [0.5, 0.6) is 0 Å². The van der Waals surface area contributed by atoms with Crippen LogP contribution in [0.3, 0.4) is 0 Å². The van der Waals surface area contributed by atoms with Crippen molar-refractivity contribution in [2.45, 2.75) is 19.0 Å². The van der Waals surface area contributed by atoms with Crippen LogP contribution in [0.25, 0.3) is 0 Å². The third kappa shape index (κ3) is 2.78. The van der Waals surface area contributed by atoms with Crippen molar-refractivity contribution >= 4 is 0 Å². The molecule has 0 spiro atoms. The van der Waals surface area contributed by atoms with Gasteiger partial charge in [0.15, 0.2) is 0 Å². The van der Waals surface area contributed by atoms with Crippen LogP contribution in [0.15, 0.2) is 54.6 Å². The highest BCUT2D eigenvalue weighted by Crippen LogP contribution is 2.22. The number of benzene rings is 2. The van der Waals surface area contributed by atoms with E-state index in [1.807, 2.05) is 20.0 Å². The van der Waals surface area contributed by atoms with Gasteiger partial charge in [0.1, 0.15) is 0 Å². The molecule has 0 saturated heterocycles. The lowest BCUT2D eigenvalue weighted by Gasteiger charge is -2.18. The van der Waals surface area contributed by atoms with Crippen molar-refractivity contribution < 1.29 is 0 Å². The fourth-order valence-electron chi connectivity index (χ4n) is 2.16. The smallest absolute Gasteiger partial charge is 0.0574 e. The Morgan fingerprint density at radius 1 is 0.833 bits per heavy atom. The number of hydrogen-bond donors (Lipinski definition) is 2. The number of rotatable bonds is 4. The van der Waals surface area contributed by atoms with Crippen molar-refractivity contribution in [1.82, 2.24) is 5.32 Å². The maximum absolute atomic E-state index is 5.87. The summed E-state index contributed by atoms with van der Waals surface area (Å²) in [5.41, 5.74) is 9.57. The first kappa shape index (κ1) is 12.8. The Morgan fingerprint density at radius 2 is 1.33 bits per heavy atom. The summed E-state index contributed by atoms with van der Waals surface area (Å²) in [7, 11) is 1.98. The van der Waals surface area contributed by atoms with E-state index in [1.165, 1.54) is 16.7 Å². The molecule has 0 bridgehead atoms. The van der Waals surface area contributed by atoms with Gasteiger partial charge in [-0.2, -0.15) is 0 Å². The summed E-state index contributed by atoms with van der Waals surface area (Å²) in [5.74, 6) is 0. The molecule has 3 N–H and O–H groups in total. The summed E-state index contributed by atoms with van der Waals surface area (Å²) in [4.78, 5) is 0. The molecular formula is C16H20N2. The maximum atomic E-state index is 5.87. The predicted octanol–water partition coefficient (Wildman–Crippen LogP) is 3.02. The van der Waals surface area contributed by atoms with Gasteiger partial charge in [0.05, 0.1) is 6.04 Å². The van der Waals surface area contributed by atoms with E-state index in [0.29, 0.717) is 0 Å². The van der Waals surface area contributed by atoms with Gasteiger partial charge >= 0.3 is 0 Å². The fourth-order valence-corrected chi connectivity index (χ4v) is 2.16. The zero-order chi connectivity index (χ0) is 13.0. The molecule has 94 valence electrons. The molecule has 2 heteroatoms. The summed E-state index contributed by atoms with van der Waals surface area (Å²) in [6.45, 7) is 2.00.